The van der Waals surface area contributed by atoms with E-state index in [2.05, 4.69) is 52.7 Å². The fourth-order valence-corrected chi connectivity index (χ4v) is 3.43. The maximum Gasteiger partial charge on any atom is 0.233 e. The maximum absolute atomic E-state index is 12.3. The summed E-state index contributed by atoms with van der Waals surface area (Å²) in [6.45, 7) is 15.1. The van der Waals surface area contributed by atoms with E-state index in [-0.39, 0.29) is 11.2 Å². The monoisotopic (exact) mass is 369 g/mol. The van der Waals surface area contributed by atoms with Crippen molar-refractivity contribution in [3.8, 4) is 0 Å². The molecule has 2 rings (SSSR count). The van der Waals surface area contributed by atoms with Crippen molar-refractivity contribution in [1.82, 2.24) is 20.1 Å². The number of rotatable bonds is 8. The lowest BCUT2D eigenvalue weighted by atomic mass is 10.2. The zero-order valence-corrected chi connectivity index (χ0v) is 16.8. The number of aromatic nitrogens is 3. The van der Waals surface area contributed by atoms with Crippen LogP contribution in [0.1, 0.15) is 34.6 Å². The number of thioether (sulfide) groups is 1. The summed E-state index contributed by atoms with van der Waals surface area (Å²) in [5, 5.41) is 12.4. The van der Waals surface area contributed by atoms with Gasteiger partial charge in [0.05, 0.1) is 18.5 Å². The van der Waals surface area contributed by atoms with Gasteiger partial charge in [0.2, 0.25) is 11.9 Å². The molecule has 0 aromatic carbocycles. The van der Waals surface area contributed by atoms with Gasteiger partial charge >= 0.3 is 0 Å². The molecule has 1 fully saturated rings. The molecule has 1 N–H and O–H groups in total. The van der Waals surface area contributed by atoms with Gasteiger partial charge in [-0.25, -0.2) is 0 Å². The van der Waals surface area contributed by atoms with Crippen LogP contribution in [0, 0.1) is 11.8 Å². The van der Waals surface area contributed by atoms with Crippen LogP contribution in [-0.2, 0) is 16.1 Å². The lowest BCUT2D eigenvalue weighted by Crippen LogP contribution is -2.38. The first-order valence-electron chi connectivity index (χ1n) is 9.08. The van der Waals surface area contributed by atoms with E-state index in [1.165, 1.54) is 11.8 Å². The number of amides is 1. The Bertz CT molecular complexity index is 555. The molecule has 1 atom stereocenters. The minimum atomic E-state index is -0.202. The normalized spacial score (nSPS) is 16.5. The maximum atomic E-state index is 12.3. The van der Waals surface area contributed by atoms with Gasteiger partial charge in [-0.3, -0.25) is 9.36 Å². The van der Waals surface area contributed by atoms with Crippen molar-refractivity contribution in [3.63, 3.8) is 0 Å². The van der Waals surface area contributed by atoms with Gasteiger partial charge in [-0.05, 0) is 18.8 Å². The molecule has 1 aromatic rings. The van der Waals surface area contributed by atoms with Crippen LogP contribution in [-0.4, -0.2) is 58.8 Å². The molecule has 1 amide bonds. The molecule has 0 saturated carbocycles. The molecule has 0 unspecified atom stereocenters. The highest BCUT2D eigenvalue weighted by atomic mass is 32.2. The highest BCUT2D eigenvalue weighted by molar-refractivity contribution is 8.00. The van der Waals surface area contributed by atoms with E-state index in [1.54, 1.807) is 0 Å². The smallest absolute Gasteiger partial charge is 0.233 e. The van der Waals surface area contributed by atoms with Gasteiger partial charge in [-0.15, -0.1) is 10.2 Å². The Balaban J connectivity index is 2.10. The highest BCUT2D eigenvalue weighted by Crippen LogP contribution is 2.27. The van der Waals surface area contributed by atoms with Gasteiger partial charge in [-0.1, -0.05) is 39.5 Å². The molecular formula is C17H31N5O2S. The number of carbonyl (C=O) groups excluding carboxylic acids is 1. The first-order chi connectivity index (χ1) is 11.9. The average molecular weight is 370 g/mol. The molecule has 7 nitrogen and oxygen atoms in total. The van der Waals surface area contributed by atoms with Crippen LogP contribution < -0.4 is 10.2 Å². The summed E-state index contributed by atoms with van der Waals surface area (Å²) >= 11 is 1.48. The van der Waals surface area contributed by atoms with E-state index in [0.29, 0.717) is 31.6 Å². The molecular weight excluding hydrogens is 338 g/mol. The van der Waals surface area contributed by atoms with Crippen LogP contribution in [0.2, 0.25) is 0 Å². The lowest BCUT2D eigenvalue weighted by molar-refractivity contribution is -0.120. The Morgan fingerprint density at radius 3 is 2.44 bits per heavy atom. The van der Waals surface area contributed by atoms with E-state index in [4.69, 9.17) is 4.74 Å². The summed E-state index contributed by atoms with van der Waals surface area (Å²) in [6.07, 6.45) is 0. The second kappa shape index (κ2) is 9.43. The molecule has 1 aromatic heterocycles. The number of anilines is 1. The third-order valence-corrected chi connectivity index (χ3v) is 4.96. The average Bonchev–Trinajstić information content (AvgIpc) is 2.95. The lowest BCUT2D eigenvalue weighted by Gasteiger charge is -2.28. The van der Waals surface area contributed by atoms with Gasteiger partial charge in [-0.2, -0.15) is 0 Å². The number of hydrogen-bond acceptors (Lipinski definition) is 6. The SMILES string of the molecule is CC(C)CNC(=O)[C@@H](C)Sc1nnc(N2CCOCC2)n1CC(C)C. The van der Waals surface area contributed by atoms with Crippen LogP contribution in [0.5, 0.6) is 0 Å². The summed E-state index contributed by atoms with van der Waals surface area (Å²) in [7, 11) is 0. The van der Waals surface area contributed by atoms with E-state index < -0.39 is 0 Å². The Kier molecular flexibility index (Phi) is 7.56. The summed E-state index contributed by atoms with van der Waals surface area (Å²) in [4.78, 5) is 14.5. The van der Waals surface area contributed by atoms with Crippen molar-refractivity contribution in [2.24, 2.45) is 11.8 Å². The van der Waals surface area contributed by atoms with E-state index >= 15 is 0 Å². The van der Waals surface area contributed by atoms with Crippen LogP contribution in [0.25, 0.3) is 0 Å². The number of ether oxygens (including phenoxy) is 1. The largest absolute Gasteiger partial charge is 0.378 e. The summed E-state index contributed by atoms with van der Waals surface area (Å²) in [6, 6.07) is 0. The molecule has 1 saturated heterocycles. The Labute approximate surface area is 154 Å². The van der Waals surface area contributed by atoms with Crippen molar-refractivity contribution < 1.29 is 9.53 Å². The first-order valence-corrected chi connectivity index (χ1v) is 9.96. The van der Waals surface area contributed by atoms with Gasteiger partial charge < -0.3 is 15.0 Å². The number of nitrogens with zero attached hydrogens (tertiary/aromatic N) is 4. The molecule has 2 heterocycles. The van der Waals surface area contributed by atoms with E-state index in [1.807, 2.05) is 6.92 Å². The van der Waals surface area contributed by atoms with Crippen LogP contribution in [0.3, 0.4) is 0 Å². The Morgan fingerprint density at radius 1 is 1.16 bits per heavy atom. The van der Waals surface area contributed by atoms with Crippen molar-refractivity contribution >= 4 is 23.6 Å². The molecule has 8 heteroatoms. The van der Waals surface area contributed by atoms with Crippen molar-refractivity contribution in [3.05, 3.63) is 0 Å². The van der Waals surface area contributed by atoms with Crippen molar-refractivity contribution in [2.75, 3.05) is 37.7 Å². The zero-order chi connectivity index (χ0) is 18.4. The molecule has 0 radical (unpaired) electrons. The van der Waals surface area contributed by atoms with Crippen LogP contribution in [0.15, 0.2) is 5.16 Å². The minimum absolute atomic E-state index is 0.0470. The standard InChI is InChI=1S/C17H31N5O2S/c1-12(2)10-18-15(23)14(5)25-17-20-19-16(22(17)11-13(3)4)21-6-8-24-9-7-21/h12-14H,6-11H2,1-5H3,(H,18,23)/t14-/m1/s1. The Morgan fingerprint density at radius 2 is 1.84 bits per heavy atom. The van der Waals surface area contributed by atoms with Gasteiger partial charge in [0.25, 0.3) is 0 Å². The Hall–Kier alpha value is -1.28. The third-order valence-electron chi connectivity index (χ3n) is 3.87. The van der Waals surface area contributed by atoms with Crippen LogP contribution in [0.4, 0.5) is 5.95 Å². The highest BCUT2D eigenvalue weighted by Gasteiger charge is 2.24. The number of morpholine rings is 1. The molecule has 142 valence electrons. The van der Waals surface area contributed by atoms with Gasteiger partial charge in [0.1, 0.15) is 0 Å². The number of nitrogens with one attached hydrogen (secondary N) is 1. The first kappa shape index (κ1) is 20.0. The van der Waals surface area contributed by atoms with E-state index in [0.717, 1.165) is 30.7 Å². The van der Waals surface area contributed by atoms with Gasteiger partial charge in [0, 0.05) is 26.2 Å². The molecule has 25 heavy (non-hydrogen) atoms. The second-order valence-electron chi connectivity index (χ2n) is 7.29. The fraction of sp³-hybridized carbons (Fsp3) is 0.824. The fourth-order valence-electron chi connectivity index (χ4n) is 2.55. The summed E-state index contributed by atoms with van der Waals surface area (Å²) in [5.41, 5.74) is 0. The summed E-state index contributed by atoms with van der Waals surface area (Å²) in [5.74, 6) is 1.85. The van der Waals surface area contributed by atoms with Crippen molar-refractivity contribution in [1.29, 1.82) is 0 Å². The predicted octanol–water partition coefficient (Wildman–Crippen LogP) is 2.02. The molecule has 1 aliphatic heterocycles. The molecule has 0 bridgehead atoms. The quantitative estimate of drug-likeness (QED) is 0.707. The number of hydrogen-bond donors (Lipinski definition) is 1. The molecule has 0 spiro atoms. The van der Waals surface area contributed by atoms with Crippen LogP contribution >= 0.6 is 11.8 Å². The third kappa shape index (κ3) is 5.88. The number of carbonyl (C=O) groups is 1. The minimum Gasteiger partial charge on any atom is -0.378 e. The second-order valence-corrected chi connectivity index (χ2v) is 8.59. The topological polar surface area (TPSA) is 72.3 Å². The van der Waals surface area contributed by atoms with E-state index in [9.17, 15) is 4.79 Å². The zero-order valence-electron chi connectivity index (χ0n) is 16.0. The predicted molar refractivity (Wildman–Crippen MR) is 101 cm³/mol. The molecule has 0 aliphatic carbocycles. The van der Waals surface area contributed by atoms with Gasteiger partial charge in [0.15, 0.2) is 5.16 Å². The molecule has 1 aliphatic rings. The summed E-state index contributed by atoms with van der Waals surface area (Å²) < 4.78 is 7.58. The van der Waals surface area contributed by atoms with Crippen molar-refractivity contribution in [2.45, 2.75) is 51.6 Å².